The van der Waals surface area contributed by atoms with Gasteiger partial charge in [0, 0.05) is 24.6 Å². The lowest BCUT2D eigenvalue weighted by Gasteiger charge is -2.38. The average Bonchev–Trinajstić information content (AvgIpc) is 2.74. The number of nitrogens with two attached hydrogens (primary N) is 1. The van der Waals surface area contributed by atoms with Gasteiger partial charge in [-0.1, -0.05) is 31.2 Å². The highest BCUT2D eigenvalue weighted by molar-refractivity contribution is 5.87. The minimum Gasteiger partial charge on any atom is -0.507 e. The summed E-state index contributed by atoms with van der Waals surface area (Å²) >= 11 is 0. The highest BCUT2D eigenvalue weighted by Gasteiger charge is 2.28. The summed E-state index contributed by atoms with van der Waals surface area (Å²) in [6.45, 7) is 3.77. The molecule has 0 saturated carbocycles. The Morgan fingerprint density at radius 1 is 1.10 bits per heavy atom. The lowest BCUT2D eigenvalue weighted by atomic mass is 9.85. The van der Waals surface area contributed by atoms with Crippen LogP contribution in [0.5, 0.6) is 5.75 Å². The fraction of sp³-hybridized carbons (Fsp3) is 0.261. The largest absolute Gasteiger partial charge is 0.507 e. The number of carboxylic acid groups (broad SMARTS) is 1. The molecule has 1 aliphatic heterocycles. The molecular weight excluding hydrogens is 380 g/mol. The monoisotopic (exact) mass is 404 g/mol. The molecule has 0 unspecified atom stereocenters. The molecule has 0 radical (unpaired) electrons. The zero-order valence-electron chi connectivity index (χ0n) is 16.7. The molecule has 7 nitrogen and oxygen atoms in total. The molecular formula is C23H24N4O3. The van der Waals surface area contributed by atoms with E-state index in [1.54, 1.807) is 30.3 Å². The van der Waals surface area contributed by atoms with E-state index in [-0.39, 0.29) is 17.2 Å². The van der Waals surface area contributed by atoms with Gasteiger partial charge in [-0.2, -0.15) is 0 Å². The van der Waals surface area contributed by atoms with Crippen LogP contribution >= 0.6 is 0 Å². The summed E-state index contributed by atoms with van der Waals surface area (Å²) in [4.78, 5) is 13.3. The fourth-order valence-electron chi connectivity index (χ4n) is 4.15. The zero-order chi connectivity index (χ0) is 21.3. The van der Waals surface area contributed by atoms with Crippen LogP contribution in [-0.4, -0.2) is 39.5 Å². The summed E-state index contributed by atoms with van der Waals surface area (Å²) in [5.41, 5.74) is 9.54. The van der Waals surface area contributed by atoms with Crippen molar-refractivity contribution in [3.05, 3.63) is 65.7 Å². The van der Waals surface area contributed by atoms with Gasteiger partial charge in [0.15, 0.2) is 5.82 Å². The third kappa shape index (κ3) is 3.91. The van der Waals surface area contributed by atoms with Gasteiger partial charge >= 0.3 is 5.97 Å². The van der Waals surface area contributed by atoms with Gasteiger partial charge in [0.2, 0.25) is 0 Å². The van der Waals surface area contributed by atoms with Crippen molar-refractivity contribution in [1.29, 1.82) is 0 Å². The van der Waals surface area contributed by atoms with Crippen molar-refractivity contribution in [1.82, 2.24) is 10.2 Å². The van der Waals surface area contributed by atoms with Crippen LogP contribution in [0.3, 0.4) is 0 Å². The number of nitrogens with zero attached hydrogens (tertiary/aromatic N) is 3. The first-order chi connectivity index (χ1) is 14.4. The molecule has 7 heteroatoms. The van der Waals surface area contributed by atoms with Crippen molar-refractivity contribution in [2.45, 2.75) is 19.3 Å². The van der Waals surface area contributed by atoms with Crippen molar-refractivity contribution >= 4 is 17.5 Å². The summed E-state index contributed by atoms with van der Waals surface area (Å²) in [6.07, 6.45) is 1.01. The number of anilines is 2. The number of benzene rings is 2. The predicted molar refractivity (Wildman–Crippen MR) is 116 cm³/mol. The molecule has 0 aliphatic carbocycles. The number of aromatic carboxylic acids is 1. The molecule has 30 heavy (non-hydrogen) atoms. The van der Waals surface area contributed by atoms with Crippen LogP contribution in [0.2, 0.25) is 0 Å². The van der Waals surface area contributed by atoms with E-state index in [4.69, 9.17) is 10.8 Å². The molecule has 4 N–H and O–H groups in total. The lowest BCUT2D eigenvalue weighted by molar-refractivity contribution is 0.0697. The molecule has 0 spiro atoms. The van der Waals surface area contributed by atoms with Crippen LogP contribution < -0.4 is 10.6 Å². The highest BCUT2D eigenvalue weighted by Crippen LogP contribution is 2.36. The van der Waals surface area contributed by atoms with Crippen molar-refractivity contribution in [3.63, 3.8) is 0 Å². The van der Waals surface area contributed by atoms with Gasteiger partial charge in [0.05, 0.1) is 16.9 Å². The smallest absolute Gasteiger partial charge is 0.335 e. The summed E-state index contributed by atoms with van der Waals surface area (Å²) in [6, 6.07) is 16.0. The number of rotatable bonds is 4. The number of phenols is 1. The lowest BCUT2D eigenvalue weighted by Crippen LogP contribution is -2.39. The van der Waals surface area contributed by atoms with E-state index in [1.165, 1.54) is 0 Å². The Morgan fingerprint density at radius 2 is 1.83 bits per heavy atom. The number of para-hydroxylation sites is 1. The fourth-order valence-corrected chi connectivity index (χ4v) is 4.15. The first-order valence-corrected chi connectivity index (χ1v) is 9.92. The molecule has 154 valence electrons. The van der Waals surface area contributed by atoms with E-state index in [9.17, 15) is 9.90 Å². The van der Waals surface area contributed by atoms with Crippen LogP contribution in [0.15, 0.2) is 54.6 Å². The number of piperidine rings is 1. The van der Waals surface area contributed by atoms with Gasteiger partial charge in [0.25, 0.3) is 0 Å². The Kier molecular flexibility index (Phi) is 5.27. The maximum Gasteiger partial charge on any atom is 0.335 e. The maximum atomic E-state index is 11.1. The van der Waals surface area contributed by atoms with E-state index in [1.807, 2.05) is 24.3 Å². The van der Waals surface area contributed by atoms with Gasteiger partial charge in [0.1, 0.15) is 5.75 Å². The number of aromatic hydroxyl groups is 1. The van der Waals surface area contributed by atoms with Crippen LogP contribution in [0, 0.1) is 5.92 Å². The van der Waals surface area contributed by atoms with Gasteiger partial charge in [-0.25, -0.2) is 4.79 Å². The van der Waals surface area contributed by atoms with Crippen molar-refractivity contribution < 1.29 is 15.0 Å². The molecule has 0 bridgehead atoms. The van der Waals surface area contributed by atoms with Crippen molar-refractivity contribution in [2.24, 2.45) is 5.92 Å². The Labute approximate surface area is 174 Å². The second kappa shape index (κ2) is 8.02. The molecule has 1 saturated heterocycles. The molecule has 1 fully saturated rings. The van der Waals surface area contributed by atoms with E-state index >= 15 is 0 Å². The van der Waals surface area contributed by atoms with Gasteiger partial charge in [-0.05, 0) is 48.2 Å². The number of carbonyl (C=O) groups is 1. The predicted octanol–water partition coefficient (Wildman–Crippen LogP) is 3.76. The van der Waals surface area contributed by atoms with E-state index in [0.29, 0.717) is 23.0 Å². The quantitative estimate of drug-likeness (QED) is 0.607. The normalized spacial score (nSPS) is 18.9. The first-order valence-electron chi connectivity index (χ1n) is 9.92. The minimum absolute atomic E-state index is 0.144. The Balaban J connectivity index is 1.64. The number of carboxylic acids is 1. The maximum absolute atomic E-state index is 11.1. The third-order valence-electron chi connectivity index (χ3n) is 5.61. The summed E-state index contributed by atoms with van der Waals surface area (Å²) in [5, 5.41) is 27.6. The average molecular weight is 404 g/mol. The highest BCUT2D eigenvalue weighted by atomic mass is 16.4. The second-order valence-corrected chi connectivity index (χ2v) is 7.89. The molecule has 3 aromatic rings. The van der Waals surface area contributed by atoms with Crippen LogP contribution in [0.4, 0.5) is 11.5 Å². The molecule has 1 aliphatic rings. The Morgan fingerprint density at radius 3 is 2.53 bits per heavy atom. The van der Waals surface area contributed by atoms with Crippen molar-refractivity contribution in [3.8, 4) is 17.0 Å². The Hall–Kier alpha value is -3.61. The molecule has 4 rings (SSSR count). The molecule has 2 atom stereocenters. The van der Waals surface area contributed by atoms with Crippen LogP contribution in [0.1, 0.15) is 35.2 Å². The standard InChI is InChI=1S/C23H24N4O3/c1-14-10-17(15-6-8-16(9-7-15)23(29)30)13-27(12-14)20-11-19(25-26-22(20)24)18-4-2-3-5-21(18)28/h2-9,11,14,17,28H,10,12-13H2,1H3,(H2,24,26)(H,29,30)/t14-,17-/m0/s1. The summed E-state index contributed by atoms with van der Waals surface area (Å²) in [7, 11) is 0. The number of hydrogen-bond donors (Lipinski definition) is 3. The molecule has 0 amide bonds. The van der Waals surface area contributed by atoms with Gasteiger partial charge in [-0.3, -0.25) is 0 Å². The zero-order valence-corrected chi connectivity index (χ0v) is 16.7. The molecule has 2 heterocycles. The van der Waals surface area contributed by atoms with E-state index < -0.39 is 5.97 Å². The van der Waals surface area contributed by atoms with E-state index in [2.05, 4.69) is 22.0 Å². The summed E-state index contributed by atoms with van der Waals surface area (Å²) in [5.74, 6) is 0.239. The SMILES string of the molecule is C[C@H]1C[C@H](c2ccc(C(=O)O)cc2)CN(c2cc(-c3ccccc3O)nnc2N)C1. The van der Waals surface area contributed by atoms with Crippen molar-refractivity contribution in [2.75, 3.05) is 23.7 Å². The minimum atomic E-state index is -0.924. The number of aromatic nitrogens is 2. The topological polar surface area (TPSA) is 113 Å². The number of phenolic OH excluding ortho intramolecular Hbond substituents is 1. The van der Waals surface area contributed by atoms with Gasteiger partial charge < -0.3 is 20.8 Å². The molecule has 2 aromatic carbocycles. The number of hydrogen-bond acceptors (Lipinski definition) is 6. The number of nitrogen functional groups attached to an aromatic ring is 1. The summed E-state index contributed by atoms with van der Waals surface area (Å²) < 4.78 is 0. The second-order valence-electron chi connectivity index (χ2n) is 7.89. The Bertz CT molecular complexity index is 1070. The van der Waals surface area contributed by atoms with Crippen LogP contribution in [-0.2, 0) is 0 Å². The molecule has 1 aromatic heterocycles. The van der Waals surface area contributed by atoms with E-state index in [0.717, 1.165) is 30.8 Å². The third-order valence-corrected chi connectivity index (χ3v) is 5.61. The first kappa shape index (κ1) is 19.7. The van der Waals surface area contributed by atoms with Crippen LogP contribution in [0.25, 0.3) is 11.3 Å². The van der Waals surface area contributed by atoms with Gasteiger partial charge in [-0.15, -0.1) is 10.2 Å².